The van der Waals surface area contributed by atoms with Crippen LogP contribution in [0.1, 0.15) is 22.3 Å². The van der Waals surface area contributed by atoms with E-state index in [0.29, 0.717) is 11.5 Å². The third kappa shape index (κ3) is 3.41. The van der Waals surface area contributed by atoms with E-state index in [1.165, 1.54) is 0 Å². The Kier molecular flexibility index (Phi) is 4.78. The van der Waals surface area contributed by atoms with Crippen molar-refractivity contribution in [2.24, 2.45) is 10.2 Å². The zero-order valence-electron chi connectivity index (χ0n) is 20.2. The van der Waals surface area contributed by atoms with Crippen LogP contribution in [0.2, 0.25) is 0 Å². The maximum Gasteiger partial charge on any atom is 0.762 e. The summed E-state index contributed by atoms with van der Waals surface area (Å²) >= 11 is 0. The monoisotopic (exact) mass is 462 g/mol. The van der Waals surface area contributed by atoms with Crippen molar-refractivity contribution in [3.8, 4) is 11.5 Å². The first kappa shape index (κ1) is 21.2. The van der Waals surface area contributed by atoms with Crippen molar-refractivity contribution in [3.05, 3.63) is 107 Å². The number of benzene rings is 4. The van der Waals surface area contributed by atoms with Gasteiger partial charge in [-0.25, -0.2) is 0 Å². The van der Waals surface area contributed by atoms with Gasteiger partial charge in [-0.05, 0) is 62.1 Å². The summed E-state index contributed by atoms with van der Waals surface area (Å²) in [6.45, 7) is 8.18. The highest BCUT2D eigenvalue weighted by Crippen LogP contribution is 2.49. The molecule has 0 N–H and O–H groups in total. The van der Waals surface area contributed by atoms with E-state index in [2.05, 4.69) is 26.0 Å². The first-order chi connectivity index (χ1) is 16.9. The molecule has 6 heteroatoms. The molecule has 0 unspecified atom stereocenters. The van der Waals surface area contributed by atoms with Gasteiger partial charge in [0.2, 0.25) is 11.4 Å². The first-order valence-electron chi connectivity index (χ1n) is 11.7. The molecule has 0 fully saturated rings. The molecule has 4 aromatic rings. The zero-order chi connectivity index (χ0) is 24.2. The summed E-state index contributed by atoms with van der Waals surface area (Å²) in [5.74, 6) is 1.35. The Bertz CT molecular complexity index is 1410. The number of azo groups is 4. The molecule has 0 saturated carbocycles. The van der Waals surface area contributed by atoms with Gasteiger partial charge in [-0.3, -0.25) is 0 Å². The van der Waals surface area contributed by atoms with Gasteiger partial charge in [-0.2, -0.15) is 0 Å². The first-order valence-corrected chi connectivity index (χ1v) is 11.7. The van der Waals surface area contributed by atoms with Crippen LogP contribution in [0.15, 0.2) is 95.2 Å². The number of hydrogen-bond acceptors (Lipinski definition) is 4. The van der Waals surface area contributed by atoms with Crippen LogP contribution in [0.25, 0.3) is 0 Å². The van der Waals surface area contributed by atoms with Crippen molar-refractivity contribution in [2.45, 2.75) is 33.7 Å². The predicted octanol–water partition coefficient (Wildman–Crippen LogP) is 7.87. The SMILES string of the molecule is Cc1cc(C)c2c(c1)N=[N+](c1ccccc1)C1(O2)Oc2c(C)cc(C)cc2N=[N+]1c1ccccc1. The van der Waals surface area contributed by atoms with E-state index in [0.717, 1.165) is 45.0 Å². The van der Waals surface area contributed by atoms with Crippen LogP contribution < -0.4 is 9.47 Å². The molecule has 0 aliphatic carbocycles. The number of hydrogen-bond donors (Lipinski definition) is 0. The fourth-order valence-corrected chi connectivity index (χ4v) is 4.75. The molecule has 2 heterocycles. The second-order valence-electron chi connectivity index (χ2n) is 9.11. The Labute approximate surface area is 204 Å². The summed E-state index contributed by atoms with van der Waals surface area (Å²) in [5, 5.41) is 10.2. The van der Waals surface area contributed by atoms with Gasteiger partial charge < -0.3 is 9.47 Å². The summed E-state index contributed by atoms with van der Waals surface area (Å²) in [5.41, 5.74) is 7.34. The molecule has 0 radical (unpaired) electrons. The lowest BCUT2D eigenvalue weighted by molar-refractivity contribution is -0.902. The molecule has 35 heavy (non-hydrogen) atoms. The highest BCUT2D eigenvalue weighted by molar-refractivity contribution is 5.60. The molecule has 0 aromatic heterocycles. The minimum atomic E-state index is -1.51. The van der Waals surface area contributed by atoms with Crippen LogP contribution in [0.4, 0.5) is 22.7 Å². The van der Waals surface area contributed by atoms with Crippen LogP contribution in [0.5, 0.6) is 11.5 Å². The Balaban J connectivity index is 1.69. The fourth-order valence-electron chi connectivity index (χ4n) is 4.75. The van der Waals surface area contributed by atoms with E-state index < -0.39 is 6.03 Å². The van der Waals surface area contributed by atoms with Gasteiger partial charge in [0, 0.05) is 34.5 Å². The molecule has 1 spiro atoms. The van der Waals surface area contributed by atoms with Gasteiger partial charge in [0.1, 0.15) is 0 Å². The summed E-state index contributed by atoms with van der Waals surface area (Å²) in [7, 11) is 0. The van der Waals surface area contributed by atoms with Gasteiger partial charge >= 0.3 is 6.03 Å². The Morgan fingerprint density at radius 3 is 1.37 bits per heavy atom. The van der Waals surface area contributed by atoms with Gasteiger partial charge in [0.15, 0.2) is 22.9 Å². The molecule has 2 aliphatic heterocycles. The van der Waals surface area contributed by atoms with Crippen molar-refractivity contribution in [1.29, 1.82) is 0 Å². The molecule has 0 saturated heterocycles. The molecular weight excluding hydrogens is 436 g/mol. The van der Waals surface area contributed by atoms with Gasteiger partial charge in [-0.15, -0.1) is 0 Å². The molecule has 4 aromatic carbocycles. The second-order valence-corrected chi connectivity index (χ2v) is 9.11. The maximum atomic E-state index is 6.86. The molecular formula is C29H26N4O2+2. The van der Waals surface area contributed by atoms with Gasteiger partial charge in [0.05, 0.1) is 9.39 Å². The summed E-state index contributed by atoms with van der Waals surface area (Å²) in [6, 6.07) is 26.6. The minimum Gasteiger partial charge on any atom is -0.334 e. The fraction of sp³-hybridized carbons (Fsp3) is 0.172. The lowest BCUT2D eigenvalue weighted by Gasteiger charge is -2.29. The Morgan fingerprint density at radius 2 is 0.971 bits per heavy atom. The standard InChI is InChI=1S/C29H26N4O2/c1-19-15-21(3)27-25(17-19)30-32(23-11-7-5-8-12-23)29(34-27)33(24-13-9-6-10-14-24)31-26-18-20(2)16-22(4)28(26)35-29/h5-18H,1-4H3/q+2. The van der Waals surface area contributed by atoms with Crippen molar-refractivity contribution in [2.75, 3.05) is 0 Å². The van der Waals surface area contributed by atoms with Gasteiger partial charge in [0.25, 0.3) is 0 Å². The van der Waals surface area contributed by atoms with E-state index in [1.807, 2.05) is 86.6 Å². The zero-order valence-corrected chi connectivity index (χ0v) is 20.2. The Hall–Kier alpha value is -4.32. The number of aryl methyl sites for hydroxylation is 4. The minimum absolute atomic E-state index is 0.673. The molecule has 172 valence electrons. The predicted molar refractivity (Wildman–Crippen MR) is 133 cm³/mol. The van der Waals surface area contributed by atoms with E-state index >= 15 is 0 Å². The van der Waals surface area contributed by atoms with Crippen molar-refractivity contribution in [1.82, 2.24) is 0 Å². The lowest BCUT2D eigenvalue weighted by atomic mass is 10.1. The number of ether oxygens (including phenoxy) is 2. The topological polar surface area (TPSA) is 49.2 Å². The van der Waals surface area contributed by atoms with E-state index in [4.69, 9.17) is 19.7 Å². The van der Waals surface area contributed by atoms with Crippen molar-refractivity contribution < 1.29 is 18.9 Å². The molecule has 0 amide bonds. The molecule has 0 atom stereocenters. The average Bonchev–Trinajstić information content (AvgIpc) is 2.85. The van der Waals surface area contributed by atoms with Crippen LogP contribution in [-0.2, 0) is 0 Å². The normalized spacial score (nSPS) is 15.3. The number of nitrogens with zero attached hydrogens (tertiary/aromatic N) is 4. The van der Waals surface area contributed by atoms with Crippen molar-refractivity contribution >= 4 is 22.7 Å². The highest BCUT2D eigenvalue weighted by Gasteiger charge is 2.71. The van der Waals surface area contributed by atoms with E-state index in [9.17, 15) is 0 Å². The maximum absolute atomic E-state index is 6.86. The molecule has 6 rings (SSSR count). The third-order valence-electron chi connectivity index (χ3n) is 6.22. The highest BCUT2D eigenvalue weighted by atomic mass is 16.8. The second kappa shape index (κ2) is 7.87. The van der Waals surface area contributed by atoms with E-state index in [-0.39, 0.29) is 0 Å². The summed E-state index contributed by atoms with van der Waals surface area (Å²) in [6.07, 6.45) is 0. The van der Waals surface area contributed by atoms with Crippen LogP contribution >= 0.6 is 0 Å². The lowest BCUT2D eigenvalue weighted by Crippen LogP contribution is -2.59. The van der Waals surface area contributed by atoms with Crippen LogP contribution in [0, 0.1) is 27.7 Å². The summed E-state index contributed by atoms with van der Waals surface area (Å²) < 4.78 is 17.3. The average molecular weight is 463 g/mol. The molecule has 0 bridgehead atoms. The van der Waals surface area contributed by atoms with E-state index in [1.54, 1.807) is 9.39 Å². The van der Waals surface area contributed by atoms with Crippen molar-refractivity contribution in [3.63, 3.8) is 0 Å². The number of rotatable bonds is 2. The third-order valence-corrected chi connectivity index (χ3v) is 6.22. The van der Waals surface area contributed by atoms with Crippen LogP contribution in [0.3, 0.4) is 0 Å². The van der Waals surface area contributed by atoms with Gasteiger partial charge in [-0.1, -0.05) is 48.5 Å². The van der Waals surface area contributed by atoms with Crippen LogP contribution in [-0.4, -0.2) is 15.4 Å². The number of fused-ring (bicyclic) bond motifs is 2. The molecule has 2 aliphatic rings. The quantitative estimate of drug-likeness (QED) is 0.285. The number of para-hydroxylation sites is 2. The summed E-state index contributed by atoms with van der Waals surface area (Å²) in [4.78, 5) is 0. The largest absolute Gasteiger partial charge is 0.762 e. The molecule has 6 nitrogen and oxygen atoms in total. The Morgan fingerprint density at radius 1 is 0.571 bits per heavy atom. The smallest absolute Gasteiger partial charge is 0.334 e.